The van der Waals surface area contributed by atoms with E-state index in [4.69, 9.17) is 17.3 Å². The number of anilines is 2. The normalized spacial score (nSPS) is 17.9. The summed E-state index contributed by atoms with van der Waals surface area (Å²) in [7, 11) is 0. The van der Waals surface area contributed by atoms with E-state index in [0.29, 0.717) is 11.4 Å². The van der Waals surface area contributed by atoms with Crippen LogP contribution in [-0.4, -0.2) is 30.6 Å². The average molecular weight is 272 g/mol. The Labute approximate surface area is 112 Å². The molecule has 18 heavy (non-hydrogen) atoms. The summed E-state index contributed by atoms with van der Waals surface area (Å²) >= 11 is 5.67. The van der Waals surface area contributed by atoms with E-state index in [0.717, 1.165) is 19.6 Å². The highest BCUT2D eigenvalue weighted by Crippen LogP contribution is 2.26. The fourth-order valence-corrected chi connectivity index (χ4v) is 2.52. The molecule has 3 nitrogen and oxygen atoms in total. The molecule has 1 aliphatic heterocycles. The van der Waals surface area contributed by atoms with Crippen molar-refractivity contribution in [2.24, 2.45) is 0 Å². The van der Waals surface area contributed by atoms with E-state index < -0.39 is 5.82 Å². The molecule has 0 amide bonds. The van der Waals surface area contributed by atoms with E-state index in [1.165, 1.54) is 25.0 Å². The van der Waals surface area contributed by atoms with Crippen LogP contribution in [0.3, 0.4) is 0 Å². The van der Waals surface area contributed by atoms with Crippen molar-refractivity contribution in [1.82, 2.24) is 4.90 Å². The van der Waals surface area contributed by atoms with Crippen LogP contribution in [0.1, 0.15) is 19.8 Å². The Hall–Kier alpha value is -1.00. The van der Waals surface area contributed by atoms with Gasteiger partial charge in [0.1, 0.15) is 5.82 Å². The lowest BCUT2D eigenvalue weighted by Gasteiger charge is -2.22. The van der Waals surface area contributed by atoms with Gasteiger partial charge in [0, 0.05) is 18.7 Å². The Morgan fingerprint density at radius 3 is 2.78 bits per heavy atom. The third-order valence-corrected chi connectivity index (χ3v) is 3.51. The molecule has 1 unspecified atom stereocenters. The van der Waals surface area contributed by atoms with Crippen molar-refractivity contribution in [3.05, 3.63) is 23.0 Å². The molecule has 1 aromatic carbocycles. The van der Waals surface area contributed by atoms with Crippen LogP contribution in [0.2, 0.25) is 5.02 Å². The van der Waals surface area contributed by atoms with Gasteiger partial charge in [0.15, 0.2) is 0 Å². The zero-order chi connectivity index (χ0) is 13.1. The first-order chi connectivity index (χ1) is 8.56. The van der Waals surface area contributed by atoms with Gasteiger partial charge >= 0.3 is 0 Å². The predicted octanol–water partition coefficient (Wildman–Crippen LogP) is 2.96. The highest BCUT2D eigenvalue weighted by molar-refractivity contribution is 6.31. The molecular formula is C13H19ClFN3. The Kier molecular flexibility index (Phi) is 4.30. The number of hydrogen-bond donors (Lipinski definition) is 2. The van der Waals surface area contributed by atoms with Crippen LogP contribution in [-0.2, 0) is 0 Å². The van der Waals surface area contributed by atoms with Gasteiger partial charge in [0.2, 0.25) is 0 Å². The van der Waals surface area contributed by atoms with Crippen LogP contribution < -0.4 is 11.1 Å². The first-order valence-electron chi connectivity index (χ1n) is 6.29. The molecule has 5 heteroatoms. The molecule has 100 valence electrons. The maximum absolute atomic E-state index is 13.4. The molecule has 1 fully saturated rings. The summed E-state index contributed by atoms with van der Waals surface area (Å²) < 4.78 is 13.4. The van der Waals surface area contributed by atoms with Crippen molar-refractivity contribution >= 4 is 23.0 Å². The van der Waals surface area contributed by atoms with E-state index in [1.54, 1.807) is 0 Å². The van der Waals surface area contributed by atoms with Crippen molar-refractivity contribution in [1.29, 1.82) is 0 Å². The fourth-order valence-electron chi connectivity index (χ4n) is 2.35. The van der Waals surface area contributed by atoms with Gasteiger partial charge in [-0.3, -0.25) is 0 Å². The summed E-state index contributed by atoms with van der Waals surface area (Å²) in [5, 5.41) is 3.30. The van der Waals surface area contributed by atoms with Gasteiger partial charge in [-0.1, -0.05) is 11.6 Å². The molecule has 1 aromatic rings. The Morgan fingerprint density at radius 2 is 2.11 bits per heavy atom. The minimum absolute atomic E-state index is 0.0604. The number of rotatable bonds is 4. The Bertz CT molecular complexity index is 419. The topological polar surface area (TPSA) is 41.3 Å². The number of halogens is 2. The zero-order valence-electron chi connectivity index (χ0n) is 10.5. The molecule has 1 aliphatic rings. The second-order valence-electron chi connectivity index (χ2n) is 4.91. The largest absolute Gasteiger partial charge is 0.397 e. The summed E-state index contributed by atoms with van der Waals surface area (Å²) in [4.78, 5) is 2.40. The maximum atomic E-state index is 13.4. The van der Waals surface area contributed by atoms with E-state index in [-0.39, 0.29) is 11.1 Å². The third-order valence-electron chi connectivity index (χ3n) is 3.23. The molecule has 1 heterocycles. The molecule has 0 spiro atoms. The molecule has 0 radical (unpaired) electrons. The van der Waals surface area contributed by atoms with Crippen molar-refractivity contribution in [3.8, 4) is 0 Å². The van der Waals surface area contributed by atoms with Gasteiger partial charge in [-0.05, 0) is 38.9 Å². The van der Waals surface area contributed by atoms with Crippen LogP contribution in [0.4, 0.5) is 15.8 Å². The number of nitrogens with zero attached hydrogens (tertiary/aromatic N) is 1. The van der Waals surface area contributed by atoms with Crippen molar-refractivity contribution < 1.29 is 4.39 Å². The van der Waals surface area contributed by atoms with Crippen LogP contribution in [0.5, 0.6) is 0 Å². The lowest BCUT2D eigenvalue weighted by molar-refractivity contribution is 0.328. The van der Waals surface area contributed by atoms with Gasteiger partial charge in [-0.2, -0.15) is 0 Å². The van der Waals surface area contributed by atoms with Crippen LogP contribution in [0.25, 0.3) is 0 Å². The predicted molar refractivity (Wildman–Crippen MR) is 74.6 cm³/mol. The summed E-state index contributed by atoms with van der Waals surface area (Å²) in [6.07, 6.45) is 2.54. The first-order valence-corrected chi connectivity index (χ1v) is 6.67. The summed E-state index contributed by atoms with van der Waals surface area (Å²) in [5.74, 6) is -0.443. The molecule has 0 bridgehead atoms. The number of likely N-dealkylation sites (tertiary alicyclic amines) is 1. The Balaban J connectivity index is 1.97. The zero-order valence-corrected chi connectivity index (χ0v) is 11.3. The lowest BCUT2D eigenvalue weighted by atomic mass is 10.2. The van der Waals surface area contributed by atoms with E-state index in [1.807, 2.05) is 0 Å². The number of hydrogen-bond acceptors (Lipinski definition) is 3. The van der Waals surface area contributed by atoms with Crippen LogP contribution >= 0.6 is 11.6 Å². The summed E-state index contributed by atoms with van der Waals surface area (Å²) in [6.45, 7) is 5.32. The van der Waals surface area contributed by atoms with E-state index in [9.17, 15) is 4.39 Å². The van der Waals surface area contributed by atoms with Gasteiger partial charge < -0.3 is 16.0 Å². The van der Waals surface area contributed by atoms with E-state index >= 15 is 0 Å². The number of nitrogen functional groups attached to an aromatic ring is 1. The molecule has 2 rings (SSSR count). The van der Waals surface area contributed by atoms with Gasteiger partial charge in [-0.25, -0.2) is 4.39 Å². The second-order valence-corrected chi connectivity index (χ2v) is 5.31. The minimum atomic E-state index is -0.443. The van der Waals surface area contributed by atoms with E-state index in [2.05, 4.69) is 17.1 Å². The highest BCUT2D eigenvalue weighted by atomic mass is 35.5. The Morgan fingerprint density at radius 1 is 1.44 bits per heavy atom. The fraction of sp³-hybridized carbons (Fsp3) is 0.538. The molecule has 1 saturated heterocycles. The third kappa shape index (κ3) is 3.27. The number of nitrogens with one attached hydrogen (secondary N) is 1. The molecular weight excluding hydrogens is 253 g/mol. The molecule has 3 N–H and O–H groups in total. The second kappa shape index (κ2) is 5.76. The van der Waals surface area contributed by atoms with Crippen LogP contribution in [0, 0.1) is 5.82 Å². The summed E-state index contributed by atoms with van der Waals surface area (Å²) in [6, 6.07) is 3.03. The smallest absolute Gasteiger partial charge is 0.143 e. The molecule has 0 saturated carbocycles. The van der Waals surface area contributed by atoms with Crippen molar-refractivity contribution in [2.75, 3.05) is 30.7 Å². The van der Waals surface area contributed by atoms with Gasteiger partial charge in [-0.15, -0.1) is 0 Å². The lowest BCUT2D eigenvalue weighted by Crippen LogP contribution is -2.33. The van der Waals surface area contributed by atoms with Gasteiger partial charge in [0.25, 0.3) is 0 Å². The highest BCUT2D eigenvalue weighted by Gasteiger charge is 2.15. The minimum Gasteiger partial charge on any atom is -0.397 e. The number of nitrogens with two attached hydrogens (primary N) is 1. The first kappa shape index (κ1) is 13.4. The molecule has 1 atom stereocenters. The number of benzene rings is 1. The van der Waals surface area contributed by atoms with Crippen LogP contribution in [0.15, 0.2) is 12.1 Å². The van der Waals surface area contributed by atoms with Crippen molar-refractivity contribution in [3.63, 3.8) is 0 Å². The maximum Gasteiger partial charge on any atom is 0.143 e. The summed E-state index contributed by atoms with van der Waals surface area (Å²) in [5.41, 5.74) is 6.92. The van der Waals surface area contributed by atoms with Crippen molar-refractivity contribution in [2.45, 2.75) is 25.8 Å². The molecule has 0 aromatic heterocycles. The average Bonchev–Trinajstić information content (AvgIpc) is 2.78. The quantitative estimate of drug-likeness (QED) is 0.828. The SMILES string of the molecule is CC(CN1CCCC1)Nc1cc(F)c(Cl)cc1N. The molecule has 0 aliphatic carbocycles. The standard InChI is InChI=1S/C13H19ClFN3/c1-9(8-18-4-2-3-5-18)17-13-7-11(15)10(14)6-12(13)16/h6-7,9,17H,2-5,8,16H2,1H3. The monoisotopic (exact) mass is 271 g/mol. The van der Waals surface area contributed by atoms with Gasteiger partial charge in [0.05, 0.1) is 16.4 Å².